The van der Waals surface area contributed by atoms with Gasteiger partial charge in [-0.2, -0.15) is 0 Å². The van der Waals surface area contributed by atoms with Crippen molar-refractivity contribution in [1.82, 2.24) is 10.2 Å². The van der Waals surface area contributed by atoms with Crippen LogP contribution in [-0.2, 0) is 15.1 Å². The van der Waals surface area contributed by atoms with Crippen LogP contribution in [-0.4, -0.2) is 35.9 Å². The first kappa shape index (κ1) is 21.5. The zero-order chi connectivity index (χ0) is 23.7. The first-order chi connectivity index (χ1) is 16.4. The van der Waals surface area contributed by atoms with Crippen molar-refractivity contribution >= 4 is 23.5 Å². The number of rotatable bonds is 5. The van der Waals surface area contributed by atoms with E-state index < -0.39 is 29.9 Å². The molecule has 0 radical (unpaired) electrons. The molecule has 1 fully saturated rings. The quantitative estimate of drug-likeness (QED) is 0.566. The molecular weight excluding hydrogens is 434 g/mol. The third kappa shape index (κ3) is 3.94. The van der Waals surface area contributed by atoms with E-state index in [-0.39, 0.29) is 0 Å². The summed E-state index contributed by atoms with van der Waals surface area (Å²) in [5.41, 5.74) is 1.01. The van der Waals surface area contributed by atoms with Gasteiger partial charge in [-0.3, -0.25) is 14.5 Å². The fraction of sp³-hybridized carbons (Fsp3) is 0.192. The number of fused-ring (bicyclic) bond motifs is 2. The third-order valence-corrected chi connectivity index (χ3v) is 5.92. The highest BCUT2D eigenvalue weighted by molar-refractivity contribution is 6.10. The average Bonchev–Trinajstić information content (AvgIpc) is 3.05. The molecular formula is C26H23N3O5. The Morgan fingerprint density at radius 2 is 1.85 bits per heavy atom. The van der Waals surface area contributed by atoms with Crippen LogP contribution in [0.1, 0.15) is 17.5 Å². The summed E-state index contributed by atoms with van der Waals surface area (Å²) in [7, 11) is 0. The van der Waals surface area contributed by atoms with Gasteiger partial charge in [0.2, 0.25) is 5.91 Å². The number of hydrogen-bond donors (Lipinski definition) is 2. The Kier molecular flexibility index (Phi) is 5.41. The Hall–Kier alpha value is -4.33. The maximum Gasteiger partial charge on any atom is 0.325 e. The third-order valence-electron chi connectivity index (χ3n) is 5.92. The summed E-state index contributed by atoms with van der Waals surface area (Å²) in [6.45, 7) is 1.89. The van der Waals surface area contributed by atoms with Crippen LogP contribution in [0.3, 0.4) is 0 Å². The van der Waals surface area contributed by atoms with Crippen LogP contribution >= 0.6 is 0 Å². The van der Waals surface area contributed by atoms with Crippen LogP contribution in [0.15, 0.2) is 72.8 Å². The summed E-state index contributed by atoms with van der Waals surface area (Å²) in [6.07, 6.45) is 0.301. The molecule has 2 N–H and O–H groups in total. The first-order valence-electron chi connectivity index (χ1n) is 11.0. The van der Waals surface area contributed by atoms with Gasteiger partial charge in [0.05, 0.1) is 6.61 Å². The minimum atomic E-state index is -1.21. The Morgan fingerprint density at radius 1 is 1.06 bits per heavy atom. The van der Waals surface area contributed by atoms with Crippen LogP contribution in [0, 0.1) is 6.92 Å². The average molecular weight is 457 g/mol. The lowest BCUT2D eigenvalue weighted by molar-refractivity contribution is -0.135. The number of aryl methyl sites for hydroxylation is 1. The smallest absolute Gasteiger partial charge is 0.325 e. The Balaban J connectivity index is 1.25. The fourth-order valence-corrected chi connectivity index (χ4v) is 4.28. The van der Waals surface area contributed by atoms with E-state index in [2.05, 4.69) is 10.6 Å². The monoisotopic (exact) mass is 457 g/mol. The lowest BCUT2D eigenvalue weighted by Gasteiger charge is -2.33. The Bertz CT molecular complexity index is 1270. The highest BCUT2D eigenvalue weighted by Gasteiger charge is 2.55. The van der Waals surface area contributed by atoms with Gasteiger partial charge in [0.25, 0.3) is 5.91 Å². The molecule has 34 heavy (non-hydrogen) atoms. The zero-order valence-corrected chi connectivity index (χ0v) is 18.5. The van der Waals surface area contributed by atoms with E-state index >= 15 is 0 Å². The number of nitrogens with one attached hydrogen (secondary N) is 2. The number of carbonyl (C=O) groups is 3. The van der Waals surface area contributed by atoms with Gasteiger partial charge < -0.3 is 20.1 Å². The largest absolute Gasteiger partial charge is 0.493 e. The maximum absolute atomic E-state index is 13.3. The van der Waals surface area contributed by atoms with Crippen molar-refractivity contribution in [3.05, 3.63) is 83.9 Å². The molecule has 1 spiro atoms. The molecule has 1 atom stereocenters. The fourth-order valence-electron chi connectivity index (χ4n) is 4.28. The first-order valence-corrected chi connectivity index (χ1v) is 11.0. The van der Waals surface area contributed by atoms with Crippen molar-refractivity contribution in [2.75, 3.05) is 18.5 Å². The van der Waals surface area contributed by atoms with Gasteiger partial charge >= 0.3 is 6.03 Å². The molecule has 8 nitrogen and oxygen atoms in total. The molecule has 5 rings (SSSR count). The molecule has 1 saturated heterocycles. The van der Waals surface area contributed by atoms with Gasteiger partial charge in [-0.25, -0.2) is 4.79 Å². The summed E-state index contributed by atoms with van der Waals surface area (Å²) in [5, 5.41) is 5.52. The molecule has 4 amide bonds. The van der Waals surface area contributed by atoms with E-state index in [1.807, 2.05) is 37.3 Å². The lowest BCUT2D eigenvalue weighted by Crippen LogP contribution is -2.48. The minimum Gasteiger partial charge on any atom is -0.493 e. The number of carbonyl (C=O) groups excluding carboxylic acids is 3. The minimum absolute atomic E-state index is 0.292. The van der Waals surface area contributed by atoms with Crippen LogP contribution in [0.2, 0.25) is 0 Å². The van der Waals surface area contributed by atoms with Crippen molar-refractivity contribution < 1.29 is 23.9 Å². The van der Waals surface area contributed by atoms with Gasteiger partial charge in [-0.05, 0) is 55.0 Å². The number of para-hydroxylation sites is 1. The highest BCUT2D eigenvalue weighted by atomic mass is 16.5. The van der Waals surface area contributed by atoms with Gasteiger partial charge in [-0.15, -0.1) is 0 Å². The number of hydrogen-bond acceptors (Lipinski definition) is 5. The maximum atomic E-state index is 13.3. The molecule has 3 aromatic rings. The Labute approximate surface area is 196 Å². The SMILES string of the molecule is Cc1cccc(Oc2ccc(NC(=O)CN3C(=O)NC4(CCOc5ccccc54)C3=O)cc2)c1. The molecule has 0 saturated carbocycles. The molecule has 3 aromatic carbocycles. The number of imide groups is 1. The molecule has 0 aromatic heterocycles. The van der Waals surface area contributed by atoms with Crippen LogP contribution < -0.4 is 20.1 Å². The van der Waals surface area contributed by atoms with Gasteiger partial charge in [0.15, 0.2) is 5.54 Å². The number of amides is 4. The number of benzene rings is 3. The van der Waals surface area contributed by atoms with Crippen molar-refractivity contribution in [1.29, 1.82) is 0 Å². The topological polar surface area (TPSA) is 97.0 Å². The van der Waals surface area contributed by atoms with Gasteiger partial charge in [0, 0.05) is 17.7 Å². The summed E-state index contributed by atoms with van der Waals surface area (Å²) < 4.78 is 11.4. The van der Waals surface area contributed by atoms with E-state index in [1.54, 1.807) is 42.5 Å². The predicted octanol–water partition coefficient (Wildman–Crippen LogP) is 3.96. The predicted molar refractivity (Wildman–Crippen MR) is 125 cm³/mol. The number of nitrogens with zero attached hydrogens (tertiary/aromatic N) is 1. The molecule has 1 unspecified atom stereocenters. The number of urea groups is 1. The van der Waals surface area contributed by atoms with E-state index in [4.69, 9.17) is 9.47 Å². The molecule has 172 valence electrons. The van der Waals surface area contributed by atoms with Crippen molar-refractivity contribution in [2.24, 2.45) is 0 Å². The highest BCUT2D eigenvalue weighted by Crippen LogP contribution is 2.40. The van der Waals surface area contributed by atoms with E-state index in [0.29, 0.717) is 35.8 Å². The molecule has 0 aliphatic carbocycles. The van der Waals surface area contributed by atoms with E-state index in [1.165, 1.54) is 0 Å². The molecule has 2 aliphatic rings. The Morgan fingerprint density at radius 3 is 2.65 bits per heavy atom. The summed E-state index contributed by atoms with van der Waals surface area (Å²) in [4.78, 5) is 39.5. The summed E-state index contributed by atoms with van der Waals surface area (Å²) in [6, 6.07) is 21.1. The van der Waals surface area contributed by atoms with E-state index in [9.17, 15) is 14.4 Å². The summed E-state index contributed by atoms with van der Waals surface area (Å²) >= 11 is 0. The van der Waals surface area contributed by atoms with Crippen LogP contribution in [0.25, 0.3) is 0 Å². The van der Waals surface area contributed by atoms with E-state index in [0.717, 1.165) is 16.2 Å². The molecule has 8 heteroatoms. The van der Waals surface area contributed by atoms with Crippen molar-refractivity contribution in [3.63, 3.8) is 0 Å². The standard InChI is InChI=1S/C26H23N3O5/c1-17-5-4-6-20(15-17)34-19-11-9-18(10-12-19)27-23(30)16-29-24(31)26(28-25(29)32)13-14-33-22-8-3-2-7-21(22)26/h2-12,15H,13-14,16H2,1H3,(H,27,30)(H,28,32). The molecule has 2 aliphatic heterocycles. The zero-order valence-electron chi connectivity index (χ0n) is 18.5. The second kappa shape index (κ2) is 8.55. The van der Waals surface area contributed by atoms with Crippen LogP contribution in [0.5, 0.6) is 17.2 Å². The molecule has 0 bridgehead atoms. The normalized spacial score (nSPS) is 18.8. The number of anilines is 1. The number of ether oxygens (including phenoxy) is 2. The van der Waals surface area contributed by atoms with Crippen molar-refractivity contribution in [2.45, 2.75) is 18.9 Å². The lowest BCUT2D eigenvalue weighted by atomic mass is 9.84. The van der Waals surface area contributed by atoms with Crippen molar-refractivity contribution in [3.8, 4) is 17.2 Å². The van der Waals surface area contributed by atoms with Gasteiger partial charge in [-0.1, -0.05) is 30.3 Å². The van der Waals surface area contributed by atoms with Gasteiger partial charge in [0.1, 0.15) is 23.8 Å². The molecule has 2 heterocycles. The van der Waals surface area contributed by atoms with Crippen LogP contribution in [0.4, 0.5) is 10.5 Å². The summed E-state index contributed by atoms with van der Waals surface area (Å²) in [5.74, 6) is 0.969. The second-order valence-electron chi connectivity index (χ2n) is 8.31. The second-order valence-corrected chi connectivity index (χ2v) is 8.31.